The molecule has 1 aliphatic carbocycles. The Balaban J connectivity index is 1.65. The van der Waals surface area contributed by atoms with Crippen LogP contribution in [0.5, 0.6) is 0 Å². The Morgan fingerprint density at radius 3 is 2.68 bits per heavy atom. The van der Waals surface area contributed by atoms with Gasteiger partial charge in [0.15, 0.2) is 0 Å². The number of aryl methyl sites for hydroxylation is 1. The van der Waals surface area contributed by atoms with E-state index in [2.05, 4.69) is 29.6 Å². The predicted molar refractivity (Wildman–Crippen MR) is 92.0 cm³/mol. The lowest BCUT2D eigenvalue weighted by Gasteiger charge is -2.27. The van der Waals surface area contributed by atoms with Gasteiger partial charge in [-0.2, -0.15) is 0 Å². The molecule has 0 saturated heterocycles. The SMILES string of the molecule is C[C@H](Sc1ccccc1)C(=O)N[C@@H]1CCCc2ccccc21. The maximum absolute atomic E-state index is 12.5. The van der Waals surface area contributed by atoms with Gasteiger partial charge in [0.25, 0.3) is 0 Å². The Morgan fingerprint density at radius 1 is 1.14 bits per heavy atom. The number of fused-ring (bicyclic) bond motifs is 1. The summed E-state index contributed by atoms with van der Waals surface area (Å²) in [6.07, 6.45) is 3.30. The van der Waals surface area contributed by atoms with Crippen molar-refractivity contribution in [3.63, 3.8) is 0 Å². The van der Waals surface area contributed by atoms with E-state index >= 15 is 0 Å². The highest BCUT2D eigenvalue weighted by molar-refractivity contribution is 8.00. The fourth-order valence-electron chi connectivity index (χ4n) is 2.95. The van der Waals surface area contributed by atoms with Crippen molar-refractivity contribution in [2.45, 2.75) is 42.4 Å². The topological polar surface area (TPSA) is 29.1 Å². The molecule has 0 heterocycles. The number of hydrogen-bond donors (Lipinski definition) is 1. The lowest BCUT2D eigenvalue weighted by Crippen LogP contribution is -2.35. The van der Waals surface area contributed by atoms with E-state index in [1.165, 1.54) is 11.1 Å². The van der Waals surface area contributed by atoms with E-state index in [1.807, 2.05) is 37.3 Å². The summed E-state index contributed by atoms with van der Waals surface area (Å²) in [6, 6.07) is 18.7. The summed E-state index contributed by atoms with van der Waals surface area (Å²) in [6.45, 7) is 1.97. The van der Waals surface area contributed by atoms with Gasteiger partial charge in [-0.05, 0) is 49.4 Å². The fraction of sp³-hybridized carbons (Fsp3) is 0.316. The minimum atomic E-state index is -0.0866. The minimum absolute atomic E-state index is 0.0866. The molecule has 0 fully saturated rings. The first-order valence-corrected chi connectivity index (χ1v) is 8.72. The van der Waals surface area contributed by atoms with Gasteiger partial charge >= 0.3 is 0 Å². The lowest BCUT2D eigenvalue weighted by atomic mass is 9.88. The zero-order chi connectivity index (χ0) is 15.4. The Kier molecular flexibility index (Phi) is 4.84. The van der Waals surface area contributed by atoms with Crippen molar-refractivity contribution in [3.8, 4) is 0 Å². The fourth-order valence-corrected chi connectivity index (χ4v) is 3.85. The maximum atomic E-state index is 12.5. The number of carbonyl (C=O) groups excluding carboxylic acids is 1. The molecule has 0 saturated carbocycles. The van der Waals surface area contributed by atoms with E-state index in [0.29, 0.717) is 0 Å². The second-order valence-electron chi connectivity index (χ2n) is 5.73. The Labute approximate surface area is 136 Å². The standard InChI is InChI=1S/C19H21NOS/c1-14(22-16-10-3-2-4-11-16)19(21)20-18-13-7-9-15-8-5-6-12-17(15)18/h2-6,8,10-12,14,18H,7,9,13H2,1H3,(H,20,21)/t14-,18+/m0/s1. The molecule has 1 N–H and O–H groups in total. The van der Waals surface area contributed by atoms with E-state index < -0.39 is 0 Å². The van der Waals surface area contributed by atoms with Gasteiger partial charge in [0.05, 0.1) is 11.3 Å². The molecular formula is C19H21NOS. The van der Waals surface area contributed by atoms with Gasteiger partial charge in [-0.25, -0.2) is 0 Å². The van der Waals surface area contributed by atoms with Gasteiger partial charge in [0.1, 0.15) is 0 Å². The highest BCUT2D eigenvalue weighted by atomic mass is 32.2. The molecule has 3 rings (SSSR count). The van der Waals surface area contributed by atoms with Crippen LogP contribution in [0.4, 0.5) is 0 Å². The van der Waals surface area contributed by atoms with E-state index in [0.717, 1.165) is 24.2 Å². The van der Waals surface area contributed by atoms with Crippen LogP contribution in [0, 0.1) is 0 Å². The van der Waals surface area contributed by atoms with Crippen LogP contribution < -0.4 is 5.32 Å². The monoisotopic (exact) mass is 311 g/mol. The third-order valence-electron chi connectivity index (χ3n) is 4.11. The van der Waals surface area contributed by atoms with E-state index in [9.17, 15) is 4.79 Å². The van der Waals surface area contributed by atoms with Crippen LogP contribution in [-0.4, -0.2) is 11.2 Å². The Hall–Kier alpha value is -1.74. The summed E-state index contributed by atoms with van der Waals surface area (Å²) in [5, 5.41) is 3.15. The average Bonchev–Trinajstić information content (AvgIpc) is 2.56. The minimum Gasteiger partial charge on any atom is -0.348 e. The molecule has 1 aliphatic rings. The molecule has 0 aromatic heterocycles. The van der Waals surface area contributed by atoms with Gasteiger partial charge in [-0.3, -0.25) is 4.79 Å². The molecule has 0 unspecified atom stereocenters. The summed E-state index contributed by atoms with van der Waals surface area (Å²) >= 11 is 1.61. The van der Waals surface area contributed by atoms with Crippen LogP contribution in [0.25, 0.3) is 0 Å². The maximum Gasteiger partial charge on any atom is 0.233 e. The molecule has 2 atom stereocenters. The first kappa shape index (κ1) is 15.2. The second kappa shape index (κ2) is 7.01. The van der Waals surface area contributed by atoms with E-state index in [4.69, 9.17) is 0 Å². The molecule has 0 spiro atoms. The molecule has 2 aromatic rings. The molecular weight excluding hydrogens is 290 g/mol. The first-order valence-electron chi connectivity index (χ1n) is 7.84. The zero-order valence-corrected chi connectivity index (χ0v) is 13.6. The number of nitrogens with one attached hydrogen (secondary N) is 1. The Bertz CT molecular complexity index is 641. The van der Waals surface area contributed by atoms with Gasteiger partial charge in [-0.15, -0.1) is 11.8 Å². The molecule has 2 aromatic carbocycles. The molecule has 1 amide bonds. The van der Waals surface area contributed by atoms with Crippen molar-refractivity contribution >= 4 is 17.7 Å². The number of carbonyl (C=O) groups is 1. The zero-order valence-electron chi connectivity index (χ0n) is 12.8. The van der Waals surface area contributed by atoms with Crippen LogP contribution in [0.3, 0.4) is 0 Å². The van der Waals surface area contributed by atoms with Crippen molar-refractivity contribution in [1.82, 2.24) is 5.32 Å². The number of hydrogen-bond acceptors (Lipinski definition) is 2. The van der Waals surface area contributed by atoms with Crippen LogP contribution in [-0.2, 0) is 11.2 Å². The van der Waals surface area contributed by atoms with Crippen LogP contribution in [0.2, 0.25) is 0 Å². The smallest absolute Gasteiger partial charge is 0.233 e. The number of benzene rings is 2. The van der Waals surface area contributed by atoms with Crippen LogP contribution >= 0.6 is 11.8 Å². The summed E-state index contributed by atoms with van der Waals surface area (Å²) in [5.41, 5.74) is 2.67. The summed E-state index contributed by atoms with van der Waals surface area (Å²) in [7, 11) is 0. The van der Waals surface area contributed by atoms with E-state index in [1.54, 1.807) is 11.8 Å². The summed E-state index contributed by atoms with van der Waals surface area (Å²) in [4.78, 5) is 13.6. The normalized spacial score (nSPS) is 18.3. The van der Waals surface area contributed by atoms with Gasteiger partial charge < -0.3 is 5.32 Å². The number of amides is 1. The first-order chi connectivity index (χ1) is 10.7. The van der Waals surface area contributed by atoms with Gasteiger partial charge in [-0.1, -0.05) is 42.5 Å². The second-order valence-corrected chi connectivity index (χ2v) is 7.14. The average molecular weight is 311 g/mol. The summed E-state index contributed by atoms with van der Waals surface area (Å²) in [5.74, 6) is 0.121. The number of thioether (sulfide) groups is 1. The highest BCUT2D eigenvalue weighted by Crippen LogP contribution is 2.30. The quantitative estimate of drug-likeness (QED) is 0.850. The summed E-state index contributed by atoms with van der Waals surface area (Å²) < 4.78 is 0. The lowest BCUT2D eigenvalue weighted by molar-refractivity contribution is -0.121. The van der Waals surface area contributed by atoms with Crippen molar-refractivity contribution in [1.29, 1.82) is 0 Å². The highest BCUT2D eigenvalue weighted by Gasteiger charge is 2.23. The van der Waals surface area contributed by atoms with E-state index in [-0.39, 0.29) is 17.2 Å². The Morgan fingerprint density at radius 2 is 1.86 bits per heavy atom. The number of rotatable bonds is 4. The van der Waals surface area contributed by atoms with Gasteiger partial charge in [0, 0.05) is 4.90 Å². The van der Waals surface area contributed by atoms with Crippen molar-refractivity contribution < 1.29 is 4.79 Å². The molecule has 2 nitrogen and oxygen atoms in total. The van der Waals surface area contributed by atoms with Gasteiger partial charge in [0.2, 0.25) is 5.91 Å². The largest absolute Gasteiger partial charge is 0.348 e. The third-order valence-corrected chi connectivity index (χ3v) is 5.22. The molecule has 22 heavy (non-hydrogen) atoms. The van der Waals surface area contributed by atoms with Crippen LogP contribution in [0.15, 0.2) is 59.5 Å². The predicted octanol–water partition coefficient (Wildman–Crippen LogP) is 4.36. The molecule has 0 bridgehead atoms. The van der Waals surface area contributed by atoms with Crippen molar-refractivity contribution in [3.05, 3.63) is 65.7 Å². The third kappa shape index (κ3) is 3.53. The van der Waals surface area contributed by atoms with Crippen LogP contribution in [0.1, 0.15) is 36.9 Å². The van der Waals surface area contributed by atoms with Crippen molar-refractivity contribution in [2.24, 2.45) is 0 Å². The molecule has 0 radical (unpaired) electrons. The molecule has 3 heteroatoms. The molecule has 0 aliphatic heterocycles. The molecule has 114 valence electrons. The van der Waals surface area contributed by atoms with Crippen molar-refractivity contribution in [2.75, 3.05) is 0 Å².